The lowest BCUT2D eigenvalue weighted by atomic mass is 9.90. The lowest BCUT2D eigenvalue weighted by Crippen LogP contribution is -2.26. The van der Waals surface area contributed by atoms with E-state index in [1.165, 1.54) is 19.3 Å². The van der Waals surface area contributed by atoms with Crippen molar-refractivity contribution in [3.63, 3.8) is 0 Å². The summed E-state index contributed by atoms with van der Waals surface area (Å²) in [5, 5.41) is 3.15. The van der Waals surface area contributed by atoms with E-state index >= 15 is 0 Å². The summed E-state index contributed by atoms with van der Waals surface area (Å²) in [5.41, 5.74) is -0.132. The summed E-state index contributed by atoms with van der Waals surface area (Å²) >= 11 is 1.76. The third-order valence-corrected chi connectivity index (χ3v) is 4.31. The van der Waals surface area contributed by atoms with Gasteiger partial charge in [0.25, 0.3) is 0 Å². The molecule has 0 bridgehead atoms. The molecule has 1 spiro atoms. The van der Waals surface area contributed by atoms with Gasteiger partial charge in [-0.2, -0.15) is 0 Å². The van der Waals surface area contributed by atoms with Crippen molar-refractivity contribution in [3.8, 4) is 0 Å². The van der Waals surface area contributed by atoms with Crippen LogP contribution in [0.3, 0.4) is 0 Å². The van der Waals surface area contributed by atoms with Crippen LogP contribution < -0.4 is 10.7 Å². The Bertz CT molecular complexity index is 532. The van der Waals surface area contributed by atoms with Gasteiger partial charge in [0.2, 0.25) is 0 Å². The number of hydrogen-bond acceptors (Lipinski definition) is 4. The Morgan fingerprint density at radius 3 is 2.82 bits per heavy atom. The maximum Gasteiger partial charge on any atom is 0.151 e. The Balaban J connectivity index is 2.08. The summed E-state index contributed by atoms with van der Waals surface area (Å²) in [6, 6.07) is 2.00. The predicted octanol–water partition coefficient (Wildman–Crippen LogP) is 2.11. The summed E-state index contributed by atoms with van der Waals surface area (Å²) in [7, 11) is 0. The minimum absolute atomic E-state index is 0.132. The van der Waals surface area contributed by atoms with Gasteiger partial charge in [-0.05, 0) is 37.5 Å². The van der Waals surface area contributed by atoms with E-state index in [4.69, 9.17) is 9.98 Å². The maximum atomic E-state index is 4.91. The number of pyridine rings is 1. The zero-order chi connectivity index (χ0) is 11.7. The molecule has 0 aromatic carbocycles. The topological polar surface area (TPSA) is 37.6 Å². The molecule has 90 valence electrons. The summed E-state index contributed by atoms with van der Waals surface area (Å²) in [4.78, 5) is 14.2. The van der Waals surface area contributed by atoms with Crippen molar-refractivity contribution in [2.75, 3.05) is 5.75 Å². The Morgan fingerprint density at radius 2 is 2.06 bits per heavy atom. The average molecular weight is 247 g/mol. The van der Waals surface area contributed by atoms with Crippen molar-refractivity contribution < 1.29 is 0 Å². The molecular weight excluding hydrogens is 230 g/mol. The Morgan fingerprint density at radius 1 is 1.24 bits per heavy atom. The molecule has 1 saturated carbocycles. The van der Waals surface area contributed by atoms with Crippen LogP contribution >= 0.6 is 11.8 Å². The number of hydrogen-bond donors (Lipinski definition) is 0. The van der Waals surface area contributed by atoms with E-state index in [2.05, 4.69) is 11.9 Å². The lowest BCUT2D eigenvalue weighted by molar-refractivity contribution is 0.308. The van der Waals surface area contributed by atoms with Gasteiger partial charge in [0.1, 0.15) is 10.4 Å². The van der Waals surface area contributed by atoms with Gasteiger partial charge in [0.15, 0.2) is 5.66 Å². The Labute approximate surface area is 105 Å². The molecule has 2 aliphatic rings. The van der Waals surface area contributed by atoms with Gasteiger partial charge in [-0.25, -0.2) is 4.98 Å². The highest BCUT2D eigenvalue weighted by Gasteiger charge is 2.33. The van der Waals surface area contributed by atoms with E-state index < -0.39 is 0 Å². The molecule has 17 heavy (non-hydrogen) atoms. The van der Waals surface area contributed by atoms with Crippen LogP contribution in [0.5, 0.6) is 0 Å². The molecule has 1 aromatic rings. The molecule has 0 radical (unpaired) electrons. The first-order valence-corrected chi connectivity index (χ1v) is 7.39. The summed E-state index contributed by atoms with van der Waals surface area (Å²) in [5.74, 6) is 1.03. The summed E-state index contributed by atoms with van der Waals surface area (Å²) in [6.45, 7) is 2.15. The van der Waals surface area contributed by atoms with Crippen molar-refractivity contribution >= 4 is 11.8 Å². The van der Waals surface area contributed by atoms with Gasteiger partial charge in [0.05, 0.1) is 5.36 Å². The van der Waals surface area contributed by atoms with E-state index in [0.29, 0.717) is 0 Å². The maximum absolute atomic E-state index is 4.91. The highest BCUT2D eigenvalue weighted by Crippen LogP contribution is 2.33. The van der Waals surface area contributed by atoms with Crippen LogP contribution in [0.15, 0.2) is 27.3 Å². The first kappa shape index (κ1) is 11.2. The third-order valence-electron chi connectivity index (χ3n) is 3.45. The smallest absolute Gasteiger partial charge is 0.151 e. The fourth-order valence-electron chi connectivity index (χ4n) is 2.66. The van der Waals surface area contributed by atoms with Crippen LogP contribution in [-0.2, 0) is 0 Å². The number of nitrogens with zero attached hydrogens (tertiary/aromatic N) is 3. The van der Waals surface area contributed by atoms with Gasteiger partial charge in [-0.3, -0.25) is 9.98 Å². The minimum Gasteiger partial charge on any atom is -0.253 e. The Hall–Kier alpha value is -0.900. The average Bonchev–Trinajstić information content (AvgIpc) is 2.69. The second-order valence-corrected chi connectivity index (χ2v) is 5.94. The van der Waals surface area contributed by atoms with E-state index in [0.717, 1.165) is 34.3 Å². The molecule has 0 N–H and O–H groups in total. The predicted molar refractivity (Wildman–Crippen MR) is 68.8 cm³/mol. The number of fused-ring (bicyclic) bond motifs is 1. The van der Waals surface area contributed by atoms with Gasteiger partial charge >= 0.3 is 0 Å². The molecule has 1 aliphatic heterocycles. The molecule has 1 fully saturated rings. The standard InChI is InChI=1S/C13H17N3S/c1-2-17-12-11-10(6-9-14-12)15-13(16-11)7-4-3-5-8-13/h6,9H,2-5,7-8H2,1H3. The van der Waals surface area contributed by atoms with Crippen molar-refractivity contribution in [2.24, 2.45) is 9.98 Å². The van der Waals surface area contributed by atoms with E-state index in [1.807, 2.05) is 12.3 Å². The second kappa shape index (κ2) is 4.41. The first-order valence-electron chi connectivity index (χ1n) is 6.41. The van der Waals surface area contributed by atoms with Crippen LogP contribution in [0.4, 0.5) is 0 Å². The highest BCUT2D eigenvalue weighted by atomic mass is 32.2. The van der Waals surface area contributed by atoms with Crippen molar-refractivity contribution in [1.82, 2.24) is 4.98 Å². The van der Waals surface area contributed by atoms with Gasteiger partial charge in [-0.1, -0.05) is 13.3 Å². The quantitative estimate of drug-likeness (QED) is 0.751. The summed E-state index contributed by atoms with van der Waals surface area (Å²) in [6.07, 6.45) is 7.92. The molecule has 1 aliphatic carbocycles. The molecule has 3 rings (SSSR count). The van der Waals surface area contributed by atoms with Crippen LogP contribution in [0.25, 0.3) is 0 Å². The second-order valence-electron chi connectivity index (χ2n) is 4.68. The Kier molecular flexibility index (Phi) is 2.90. The zero-order valence-corrected chi connectivity index (χ0v) is 11.0. The van der Waals surface area contributed by atoms with Gasteiger partial charge in [0, 0.05) is 6.20 Å². The minimum atomic E-state index is -0.132. The molecule has 3 nitrogen and oxygen atoms in total. The SMILES string of the molecule is CCSc1nccc2c1=NC1(CCCCC1)N=2. The normalized spacial score (nSPS) is 20.8. The monoisotopic (exact) mass is 247 g/mol. The molecule has 0 unspecified atom stereocenters. The zero-order valence-electron chi connectivity index (χ0n) is 10.1. The third kappa shape index (κ3) is 1.99. The first-order chi connectivity index (χ1) is 8.33. The lowest BCUT2D eigenvalue weighted by Gasteiger charge is -2.27. The number of thioether (sulfide) groups is 1. The number of aromatic nitrogens is 1. The largest absolute Gasteiger partial charge is 0.253 e. The molecule has 0 atom stereocenters. The molecule has 4 heteroatoms. The van der Waals surface area contributed by atoms with Crippen LogP contribution in [-0.4, -0.2) is 16.4 Å². The van der Waals surface area contributed by atoms with Gasteiger partial charge < -0.3 is 0 Å². The van der Waals surface area contributed by atoms with E-state index in [1.54, 1.807) is 11.8 Å². The molecule has 0 amide bonds. The molecule has 2 heterocycles. The summed E-state index contributed by atoms with van der Waals surface area (Å²) < 4.78 is 0. The van der Waals surface area contributed by atoms with E-state index in [-0.39, 0.29) is 5.66 Å². The molecule has 1 aromatic heterocycles. The van der Waals surface area contributed by atoms with Crippen molar-refractivity contribution in [3.05, 3.63) is 23.0 Å². The van der Waals surface area contributed by atoms with Crippen LogP contribution in [0.2, 0.25) is 0 Å². The van der Waals surface area contributed by atoms with Crippen molar-refractivity contribution in [1.29, 1.82) is 0 Å². The fraction of sp³-hybridized carbons (Fsp3) is 0.615. The van der Waals surface area contributed by atoms with Crippen LogP contribution in [0.1, 0.15) is 39.0 Å². The molecular formula is C13H17N3S. The molecule has 0 saturated heterocycles. The highest BCUT2D eigenvalue weighted by molar-refractivity contribution is 7.99. The van der Waals surface area contributed by atoms with E-state index in [9.17, 15) is 0 Å². The fourth-order valence-corrected chi connectivity index (χ4v) is 3.36. The van der Waals surface area contributed by atoms with Crippen molar-refractivity contribution in [2.45, 2.75) is 49.7 Å². The van der Waals surface area contributed by atoms with Crippen LogP contribution in [0, 0.1) is 0 Å². The van der Waals surface area contributed by atoms with Gasteiger partial charge in [-0.15, -0.1) is 11.8 Å². The number of rotatable bonds is 2.